The van der Waals surface area contributed by atoms with Crippen molar-refractivity contribution in [3.63, 3.8) is 0 Å². The van der Waals surface area contributed by atoms with Gasteiger partial charge in [-0.05, 0) is 40.5 Å². The highest BCUT2D eigenvalue weighted by Crippen LogP contribution is 2.27. The molecular weight excluding hydrogens is 364 g/mol. The van der Waals surface area contributed by atoms with Crippen molar-refractivity contribution in [3.05, 3.63) is 22.7 Å². The monoisotopic (exact) mass is 376 g/mol. The molecule has 21 heavy (non-hydrogen) atoms. The van der Waals surface area contributed by atoms with Crippen LogP contribution in [0.1, 0.15) is 12.8 Å². The first kappa shape index (κ1) is 15.9. The van der Waals surface area contributed by atoms with Crippen molar-refractivity contribution >= 4 is 37.8 Å². The number of carbonyl (C=O) groups is 2. The van der Waals surface area contributed by atoms with Crippen LogP contribution in [0.3, 0.4) is 0 Å². The van der Waals surface area contributed by atoms with Gasteiger partial charge in [-0.25, -0.2) is 8.42 Å². The first-order valence-electron chi connectivity index (χ1n) is 6.03. The van der Waals surface area contributed by atoms with Gasteiger partial charge < -0.3 is 4.74 Å². The molecule has 2 N–H and O–H groups in total. The van der Waals surface area contributed by atoms with Crippen LogP contribution in [0.5, 0.6) is 5.75 Å². The second kappa shape index (κ2) is 6.12. The molecule has 1 aliphatic heterocycles. The highest BCUT2D eigenvalue weighted by atomic mass is 79.9. The molecule has 1 aliphatic rings. The van der Waals surface area contributed by atoms with Crippen LogP contribution in [-0.4, -0.2) is 33.4 Å². The van der Waals surface area contributed by atoms with Gasteiger partial charge in [-0.15, -0.1) is 0 Å². The smallest absolute Gasteiger partial charge is 0.244 e. The second-order valence-electron chi connectivity index (χ2n) is 4.42. The molecule has 2 amide bonds. The van der Waals surface area contributed by atoms with Crippen molar-refractivity contribution in [1.29, 1.82) is 0 Å². The average molecular weight is 377 g/mol. The summed E-state index contributed by atoms with van der Waals surface area (Å²) in [6.45, 7) is 0. The maximum Gasteiger partial charge on any atom is 0.244 e. The number of ether oxygens (including phenoxy) is 1. The van der Waals surface area contributed by atoms with E-state index in [1.54, 1.807) is 0 Å². The number of imide groups is 1. The van der Waals surface area contributed by atoms with Crippen molar-refractivity contribution in [1.82, 2.24) is 10.0 Å². The van der Waals surface area contributed by atoms with Crippen LogP contribution in [-0.2, 0) is 19.6 Å². The fourth-order valence-corrected chi connectivity index (χ4v) is 3.82. The molecule has 1 atom stereocenters. The Bertz CT molecular complexity index is 689. The Kier molecular flexibility index (Phi) is 4.64. The number of rotatable bonds is 4. The number of benzene rings is 1. The molecule has 0 radical (unpaired) electrons. The summed E-state index contributed by atoms with van der Waals surface area (Å²) < 4.78 is 32.3. The molecule has 0 saturated carbocycles. The van der Waals surface area contributed by atoms with Crippen molar-refractivity contribution in [2.75, 3.05) is 7.11 Å². The highest BCUT2D eigenvalue weighted by Gasteiger charge is 2.30. The van der Waals surface area contributed by atoms with Gasteiger partial charge >= 0.3 is 0 Å². The van der Waals surface area contributed by atoms with E-state index in [4.69, 9.17) is 4.74 Å². The maximum absolute atomic E-state index is 12.2. The highest BCUT2D eigenvalue weighted by molar-refractivity contribution is 9.10. The Hall–Kier alpha value is -1.45. The van der Waals surface area contributed by atoms with Gasteiger partial charge in [0.2, 0.25) is 21.8 Å². The molecule has 1 heterocycles. The van der Waals surface area contributed by atoms with E-state index in [0.29, 0.717) is 10.2 Å². The molecule has 0 aliphatic carbocycles. The number of nitrogens with one attached hydrogen (secondary N) is 2. The van der Waals surface area contributed by atoms with Crippen molar-refractivity contribution in [2.45, 2.75) is 23.8 Å². The molecule has 0 aromatic heterocycles. The zero-order valence-corrected chi connectivity index (χ0v) is 13.5. The Morgan fingerprint density at radius 2 is 2.10 bits per heavy atom. The number of methoxy groups -OCH3 is 1. The molecule has 9 heteroatoms. The van der Waals surface area contributed by atoms with Crippen LogP contribution < -0.4 is 14.8 Å². The van der Waals surface area contributed by atoms with Gasteiger partial charge in [-0.1, -0.05) is 0 Å². The predicted octanol–water partition coefficient (Wildman–Crippen LogP) is 0.541. The molecular formula is C12H13BrN2O5S. The molecule has 2 rings (SSSR count). The first-order valence-corrected chi connectivity index (χ1v) is 8.30. The summed E-state index contributed by atoms with van der Waals surface area (Å²) in [5.41, 5.74) is 0. The summed E-state index contributed by atoms with van der Waals surface area (Å²) in [7, 11) is -2.40. The minimum absolute atomic E-state index is 0.000116. The summed E-state index contributed by atoms with van der Waals surface area (Å²) in [5.74, 6) is -0.542. The molecule has 1 saturated heterocycles. The maximum atomic E-state index is 12.2. The molecule has 1 aromatic carbocycles. The van der Waals surface area contributed by atoms with Crippen molar-refractivity contribution in [2.24, 2.45) is 0 Å². The van der Waals surface area contributed by atoms with Crippen molar-refractivity contribution in [3.8, 4) is 5.75 Å². The van der Waals surface area contributed by atoms with Gasteiger partial charge in [-0.2, -0.15) is 4.72 Å². The lowest BCUT2D eigenvalue weighted by atomic mass is 10.1. The molecule has 1 aromatic rings. The second-order valence-corrected chi connectivity index (χ2v) is 6.99. The fraction of sp³-hybridized carbons (Fsp3) is 0.333. The third kappa shape index (κ3) is 3.60. The summed E-state index contributed by atoms with van der Waals surface area (Å²) in [6.07, 6.45) is 0.243. The lowest BCUT2D eigenvalue weighted by molar-refractivity contribution is -0.134. The number of hydrogen-bond donors (Lipinski definition) is 2. The predicted molar refractivity (Wildman–Crippen MR) is 77.2 cm³/mol. The topological polar surface area (TPSA) is 102 Å². The van der Waals surface area contributed by atoms with Crippen LogP contribution in [0.4, 0.5) is 0 Å². The van der Waals surface area contributed by atoms with E-state index in [9.17, 15) is 18.0 Å². The Balaban J connectivity index is 2.20. The summed E-state index contributed by atoms with van der Waals surface area (Å²) in [4.78, 5) is 22.6. The number of sulfonamides is 1. The van der Waals surface area contributed by atoms with Gasteiger partial charge in [0.05, 0.1) is 16.5 Å². The fourth-order valence-electron chi connectivity index (χ4n) is 1.88. The minimum atomic E-state index is -3.87. The van der Waals surface area contributed by atoms with E-state index in [1.807, 2.05) is 0 Å². The Morgan fingerprint density at radius 1 is 1.38 bits per heavy atom. The zero-order valence-electron chi connectivity index (χ0n) is 11.1. The van der Waals surface area contributed by atoms with Crippen LogP contribution >= 0.6 is 15.9 Å². The number of halogens is 1. The van der Waals surface area contributed by atoms with E-state index < -0.39 is 27.9 Å². The summed E-state index contributed by atoms with van der Waals surface area (Å²) >= 11 is 3.20. The van der Waals surface area contributed by atoms with E-state index in [-0.39, 0.29) is 17.7 Å². The number of piperidine rings is 1. The molecule has 1 fully saturated rings. The van der Waals surface area contributed by atoms with E-state index in [0.717, 1.165) is 0 Å². The van der Waals surface area contributed by atoms with Gasteiger partial charge in [0.15, 0.2) is 0 Å². The first-order chi connectivity index (χ1) is 9.83. The normalized spacial score (nSPS) is 19.2. The van der Waals surface area contributed by atoms with E-state index >= 15 is 0 Å². The molecule has 1 unspecified atom stereocenters. The summed E-state index contributed by atoms with van der Waals surface area (Å²) in [5, 5.41) is 2.10. The van der Waals surface area contributed by atoms with Crippen LogP contribution in [0.15, 0.2) is 27.6 Å². The number of carbonyl (C=O) groups excluding carboxylic acids is 2. The van der Waals surface area contributed by atoms with Gasteiger partial charge in [-0.3, -0.25) is 14.9 Å². The minimum Gasteiger partial charge on any atom is -0.496 e. The standard InChI is InChI=1S/C12H13BrN2O5S/c1-20-10-4-2-7(6-8(10)13)21(18,19)15-9-3-5-11(16)14-12(9)17/h2,4,6,9,15H,3,5H2,1H3,(H,14,16,17). The van der Waals surface area contributed by atoms with Crippen molar-refractivity contribution < 1.29 is 22.7 Å². The zero-order chi connectivity index (χ0) is 15.6. The molecule has 114 valence electrons. The third-order valence-electron chi connectivity index (χ3n) is 2.97. The Morgan fingerprint density at radius 3 is 2.67 bits per heavy atom. The van der Waals surface area contributed by atoms with Crippen LogP contribution in [0.25, 0.3) is 0 Å². The lowest BCUT2D eigenvalue weighted by Gasteiger charge is -2.21. The van der Waals surface area contributed by atoms with Gasteiger partial charge in [0.25, 0.3) is 0 Å². The molecule has 7 nitrogen and oxygen atoms in total. The molecule has 0 spiro atoms. The number of hydrogen-bond acceptors (Lipinski definition) is 5. The number of amides is 2. The van der Waals surface area contributed by atoms with Gasteiger partial charge in [0, 0.05) is 6.42 Å². The SMILES string of the molecule is COc1ccc(S(=O)(=O)NC2CCC(=O)NC2=O)cc1Br. The van der Waals surface area contributed by atoms with Crippen LogP contribution in [0, 0.1) is 0 Å². The Labute approximate surface area is 130 Å². The van der Waals surface area contributed by atoms with Gasteiger partial charge in [0.1, 0.15) is 11.8 Å². The van der Waals surface area contributed by atoms with E-state index in [1.165, 1.54) is 25.3 Å². The summed E-state index contributed by atoms with van der Waals surface area (Å²) in [6, 6.07) is 3.31. The lowest BCUT2D eigenvalue weighted by Crippen LogP contribution is -2.52. The quantitative estimate of drug-likeness (QED) is 0.746. The van der Waals surface area contributed by atoms with Crippen LogP contribution in [0.2, 0.25) is 0 Å². The average Bonchev–Trinajstić information content (AvgIpc) is 2.42. The van der Waals surface area contributed by atoms with E-state index in [2.05, 4.69) is 26.0 Å². The third-order valence-corrected chi connectivity index (χ3v) is 5.06. The largest absolute Gasteiger partial charge is 0.496 e. The molecule has 0 bridgehead atoms.